The van der Waals surface area contributed by atoms with Gasteiger partial charge in [-0.15, -0.1) is 11.3 Å². The number of carboxylic acid groups (broad SMARTS) is 1. The molecule has 3 aromatic heterocycles. The zero-order valence-electron chi connectivity index (χ0n) is 10.2. The van der Waals surface area contributed by atoms with E-state index in [1.54, 1.807) is 22.8 Å². The third kappa shape index (κ3) is 2.43. The van der Waals surface area contributed by atoms with Crippen molar-refractivity contribution in [3.8, 4) is 5.88 Å². The lowest BCUT2D eigenvalue weighted by Crippen LogP contribution is -1.96. The second-order valence-electron chi connectivity index (χ2n) is 3.90. The van der Waals surface area contributed by atoms with Crippen molar-refractivity contribution < 1.29 is 19.1 Å². The molecule has 0 saturated carbocycles. The van der Waals surface area contributed by atoms with Crippen LogP contribution in [0, 0.1) is 0 Å². The van der Waals surface area contributed by atoms with Gasteiger partial charge in [0.25, 0.3) is 0 Å². The van der Waals surface area contributed by atoms with Crippen LogP contribution in [0.3, 0.4) is 0 Å². The number of imidazole rings is 1. The standard InChI is InChI=1S/C13H10N2O4S/c16-11(17)4-3-10-12(14-13-15(10)5-7-20-13)19-8-9-2-1-6-18-9/h1-7H,8H2,(H,16,17)/b4-3+. The van der Waals surface area contributed by atoms with Crippen LogP contribution < -0.4 is 4.74 Å². The van der Waals surface area contributed by atoms with Crippen molar-refractivity contribution >= 4 is 28.3 Å². The van der Waals surface area contributed by atoms with Crippen LogP contribution >= 0.6 is 11.3 Å². The highest BCUT2D eigenvalue weighted by molar-refractivity contribution is 7.15. The number of aliphatic carboxylic acids is 1. The van der Waals surface area contributed by atoms with Crippen molar-refractivity contribution in [3.63, 3.8) is 0 Å². The largest absolute Gasteiger partial charge is 0.478 e. The van der Waals surface area contributed by atoms with E-state index in [-0.39, 0.29) is 6.61 Å². The number of fused-ring (bicyclic) bond motifs is 1. The van der Waals surface area contributed by atoms with Gasteiger partial charge in [-0.05, 0) is 18.2 Å². The lowest BCUT2D eigenvalue weighted by molar-refractivity contribution is -0.131. The van der Waals surface area contributed by atoms with Crippen LogP contribution in [0.1, 0.15) is 11.5 Å². The molecule has 6 nitrogen and oxygen atoms in total. The second-order valence-corrected chi connectivity index (χ2v) is 4.77. The highest BCUT2D eigenvalue weighted by atomic mass is 32.1. The fourth-order valence-corrected chi connectivity index (χ4v) is 2.44. The summed E-state index contributed by atoms with van der Waals surface area (Å²) in [7, 11) is 0. The molecule has 0 aliphatic carbocycles. The molecule has 102 valence electrons. The minimum atomic E-state index is -1.02. The summed E-state index contributed by atoms with van der Waals surface area (Å²) in [5, 5.41) is 10.6. The normalized spacial score (nSPS) is 11.4. The average molecular weight is 290 g/mol. The van der Waals surface area contributed by atoms with E-state index in [4.69, 9.17) is 14.3 Å². The quantitative estimate of drug-likeness (QED) is 0.731. The Morgan fingerprint density at radius 3 is 3.25 bits per heavy atom. The van der Waals surface area contributed by atoms with E-state index in [1.807, 2.05) is 11.6 Å². The maximum atomic E-state index is 10.7. The molecule has 0 aliphatic rings. The van der Waals surface area contributed by atoms with Gasteiger partial charge in [0, 0.05) is 17.7 Å². The van der Waals surface area contributed by atoms with Gasteiger partial charge in [0.2, 0.25) is 5.88 Å². The maximum Gasteiger partial charge on any atom is 0.328 e. The molecule has 0 fully saturated rings. The Kier molecular flexibility index (Phi) is 3.26. The molecule has 0 aliphatic heterocycles. The molecule has 0 saturated heterocycles. The molecule has 0 radical (unpaired) electrons. The van der Waals surface area contributed by atoms with Crippen LogP contribution in [0.15, 0.2) is 40.5 Å². The Bertz CT molecular complexity index is 755. The van der Waals surface area contributed by atoms with Crippen LogP contribution in [0.4, 0.5) is 0 Å². The number of ether oxygens (including phenoxy) is 1. The molecule has 0 atom stereocenters. The Balaban J connectivity index is 1.90. The first kappa shape index (κ1) is 12.5. The van der Waals surface area contributed by atoms with E-state index in [9.17, 15) is 4.79 Å². The molecule has 0 unspecified atom stereocenters. The first-order chi connectivity index (χ1) is 9.74. The number of aromatic nitrogens is 2. The van der Waals surface area contributed by atoms with Gasteiger partial charge in [0.05, 0.1) is 6.26 Å². The monoisotopic (exact) mass is 290 g/mol. The van der Waals surface area contributed by atoms with Gasteiger partial charge in [0.15, 0.2) is 4.96 Å². The summed E-state index contributed by atoms with van der Waals surface area (Å²) in [5.41, 5.74) is 0.593. The van der Waals surface area contributed by atoms with Crippen molar-refractivity contribution in [1.82, 2.24) is 9.38 Å². The summed E-state index contributed by atoms with van der Waals surface area (Å²) >= 11 is 1.45. The topological polar surface area (TPSA) is 77.0 Å². The molecule has 3 rings (SSSR count). The zero-order chi connectivity index (χ0) is 13.9. The Morgan fingerprint density at radius 2 is 2.50 bits per heavy atom. The Hall–Kier alpha value is -2.54. The lowest BCUT2D eigenvalue weighted by Gasteiger charge is -2.01. The summed E-state index contributed by atoms with van der Waals surface area (Å²) in [6.45, 7) is 0.242. The number of furan rings is 1. The molecule has 1 N–H and O–H groups in total. The van der Waals surface area contributed by atoms with Gasteiger partial charge in [-0.3, -0.25) is 4.40 Å². The van der Waals surface area contributed by atoms with Gasteiger partial charge in [0.1, 0.15) is 18.1 Å². The van der Waals surface area contributed by atoms with Crippen molar-refractivity contribution in [2.75, 3.05) is 0 Å². The summed E-state index contributed by atoms with van der Waals surface area (Å²) in [4.78, 5) is 15.7. The number of rotatable bonds is 5. The lowest BCUT2D eigenvalue weighted by atomic mass is 10.4. The van der Waals surface area contributed by atoms with E-state index in [0.29, 0.717) is 17.3 Å². The highest BCUT2D eigenvalue weighted by Gasteiger charge is 2.13. The smallest absolute Gasteiger partial charge is 0.328 e. The molecule has 3 aromatic rings. The van der Waals surface area contributed by atoms with Crippen LogP contribution in [0.2, 0.25) is 0 Å². The first-order valence-corrected chi connectivity index (χ1v) is 6.64. The minimum absolute atomic E-state index is 0.242. The van der Waals surface area contributed by atoms with Crippen LogP contribution in [0.25, 0.3) is 11.0 Å². The number of nitrogens with zero attached hydrogens (tertiary/aromatic N) is 2. The molecular formula is C13H10N2O4S. The number of carbonyl (C=O) groups is 1. The minimum Gasteiger partial charge on any atom is -0.478 e. The number of carboxylic acids is 1. The molecular weight excluding hydrogens is 280 g/mol. The molecule has 3 heterocycles. The predicted molar refractivity (Wildman–Crippen MR) is 72.8 cm³/mol. The molecule has 20 heavy (non-hydrogen) atoms. The summed E-state index contributed by atoms with van der Waals surface area (Å²) in [5.74, 6) is 0.0347. The fraction of sp³-hybridized carbons (Fsp3) is 0.0769. The van der Waals surface area contributed by atoms with Crippen molar-refractivity contribution in [2.24, 2.45) is 0 Å². The van der Waals surface area contributed by atoms with Crippen LogP contribution in [-0.2, 0) is 11.4 Å². The number of hydrogen-bond donors (Lipinski definition) is 1. The molecule has 0 amide bonds. The second kappa shape index (κ2) is 5.22. The Morgan fingerprint density at radius 1 is 1.60 bits per heavy atom. The number of thiazole rings is 1. The summed E-state index contributed by atoms with van der Waals surface area (Å²) in [6, 6.07) is 3.57. The van der Waals surface area contributed by atoms with Gasteiger partial charge >= 0.3 is 5.97 Å². The summed E-state index contributed by atoms with van der Waals surface area (Å²) in [6.07, 6.45) is 5.90. The van der Waals surface area contributed by atoms with E-state index in [2.05, 4.69) is 4.98 Å². The van der Waals surface area contributed by atoms with E-state index < -0.39 is 5.97 Å². The van der Waals surface area contributed by atoms with Crippen LogP contribution in [0.5, 0.6) is 5.88 Å². The van der Waals surface area contributed by atoms with Crippen LogP contribution in [-0.4, -0.2) is 20.5 Å². The van der Waals surface area contributed by atoms with E-state index >= 15 is 0 Å². The molecule has 0 spiro atoms. The summed E-state index contributed by atoms with van der Waals surface area (Å²) < 4.78 is 12.6. The van der Waals surface area contributed by atoms with E-state index in [0.717, 1.165) is 11.0 Å². The first-order valence-electron chi connectivity index (χ1n) is 5.76. The number of hydrogen-bond acceptors (Lipinski definition) is 5. The molecule has 0 aromatic carbocycles. The highest BCUT2D eigenvalue weighted by Crippen LogP contribution is 2.25. The van der Waals surface area contributed by atoms with Crippen molar-refractivity contribution in [2.45, 2.75) is 6.61 Å². The Labute approximate surface area is 117 Å². The molecule has 7 heteroatoms. The third-order valence-electron chi connectivity index (χ3n) is 2.58. The fourth-order valence-electron chi connectivity index (χ4n) is 1.73. The van der Waals surface area contributed by atoms with Gasteiger partial charge in [-0.25, -0.2) is 4.79 Å². The SMILES string of the molecule is O=C(O)/C=C/c1c(OCc2ccco2)nc2sccn12. The van der Waals surface area contributed by atoms with Crippen molar-refractivity contribution in [3.05, 3.63) is 47.5 Å². The van der Waals surface area contributed by atoms with Gasteiger partial charge in [-0.2, -0.15) is 4.98 Å². The third-order valence-corrected chi connectivity index (χ3v) is 3.34. The molecule has 0 bridgehead atoms. The van der Waals surface area contributed by atoms with Gasteiger partial charge < -0.3 is 14.3 Å². The average Bonchev–Trinajstić information content (AvgIpc) is 3.11. The maximum absolute atomic E-state index is 10.7. The predicted octanol–water partition coefficient (Wildman–Crippen LogP) is 2.67. The zero-order valence-corrected chi connectivity index (χ0v) is 11.0. The van der Waals surface area contributed by atoms with Gasteiger partial charge in [-0.1, -0.05) is 0 Å². The van der Waals surface area contributed by atoms with E-state index in [1.165, 1.54) is 17.4 Å². The van der Waals surface area contributed by atoms with Crippen molar-refractivity contribution in [1.29, 1.82) is 0 Å².